The average Bonchev–Trinajstić information content (AvgIpc) is 2.54. The number of nitrogens with zero attached hydrogens (tertiary/aromatic N) is 1. The average molecular weight is 317 g/mol. The fourth-order valence-electron chi connectivity index (χ4n) is 1.78. The predicted octanol–water partition coefficient (Wildman–Crippen LogP) is 4.06. The molecule has 0 N–H and O–H groups in total. The molecule has 6 heteroatoms. The van der Waals surface area contributed by atoms with Gasteiger partial charge in [0.25, 0.3) is 5.69 Å². The Morgan fingerprint density at radius 2 is 1.77 bits per heavy atom. The van der Waals surface area contributed by atoms with Crippen LogP contribution in [0.25, 0.3) is 0 Å². The van der Waals surface area contributed by atoms with Gasteiger partial charge < -0.3 is 4.74 Å². The van der Waals surface area contributed by atoms with Crippen LogP contribution in [0.5, 0.6) is 0 Å². The number of benzene rings is 2. The van der Waals surface area contributed by atoms with Gasteiger partial charge >= 0.3 is 5.97 Å². The number of hydrogen-bond acceptors (Lipinski definition) is 5. The molecule has 0 amide bonds. The van der Waals surface area contributed by atoms with Crippen LogP contribution in [0.15, 0.2) is 53.4 Å². The summed E-state index contributed by atoms with van der Waals surface area (Å²) in [7, 11) is 0. The Balaban J connectivity index is 1.94. The molecule has 114 valence electrons. The predicted molar refractivity (Wildman–Crippen MR) is 85.1 cm³/mol. The van der Waals surface area contributed by atoms with E-state index in [1.807, 2.05) is 12.1 Å². The molecule has 0 aromatic heterocycles. The first-order valence-electron chi connectivity index (χ1n) is 6.73. The van der Waals surface area contributed by atoms with Crippen molar-refractivity contribution in [1.82, 2.24) is 0 Å². The van der Waals surface area contributed by atoms with Crippen LogP contribution in [0.1, 0.15) is 22.8 Å². The van der Waals surface area contributed by atoms with Crippen molar-refractivity contribution in [3.05, 3.63) is 69.8 Å². The van der Waals surface area contributed by atoms with Crippen molar-refractivity contribution in [2.75, 3.05) is 6.61 Å². The summed E-state index contributed by atoms with van der Waals surface area (Å²) < 4.78 is 4.93. The van der Waals surface area contributed by atoms with Gasteiger partial charge in [0.1, 0.15) is 0 Å². The molecule has 0 heterocycles. The van der Waals surface area contributed by atoms with Crippen molar-refractivity contribution in [2.45, 2.75) is 17.6 Å². The number of carbonyl (C=O) groups is 1. The third-order valence-electron chi connectivity index (χ3n) is 2.92. The van der Waals surface area contributed by atoms with Gasteiger partial charge in [-0.15, -0.1) is 11.8 Å². The number of esters is 1. The van der Waals surface area contributed by atoms with Gasteiger partial charge in [-0.05, 0) is 36.8 Å². The Morgan fingerprint density at radius 3 is 2.32 bits per heavy atom. The zero-order chi connectivity index (χ0) is 15.9. The molecule has 0 aliphatic carbocycles. The lowest BCUT2D eigenvalue weighted by Crippen LogP contribution is -2.04. The SMILES string of the molecule is CCOC(=O)c1ccc(CSc2ccc([N+](=O)[O-])cc2)cc1. The molecule has 22 heavy (non-hydrogen) atoms. The Morgan fingerprint density at radius 1 is 1.14 bits per heavy atom. The molecule has 0 saturated heterocycles. The first-order valence-corrected chi connectivity index (χ1v) is 7.72. The van der Waals surface area contributed by atoms with Crippen molar-refractivity contribution < 1.29 is 14.5 Å². The summed E-state index contributed by atoms with van der Waals surface area (Å²) in [4.78, 5) is 22.7. The molecular weight excluding hydrogens is 302 g/mol. The Labute approximate surface area is 132 Å². The van der Waals surface area contributed by atoms with Gasteiger partial charge in [-0.3, -0.25) is 10.1 Å². The number of hydrogen-bond donors (Lipinski definition) is 0. The van der Waals surface area contributed by atoms with E-state index in [1.54, 1.807) is 43.0 Å². The van der Waals surface area contributed by atoms with Crippen molar-refractivity contribution in [1.29, 1.82) is 0 Å². The number of rotatable bonds is 6. The topological polar surface area (TPSA) is 69.4 Å². The van der Waals surface area contributed by atoms with E-state index in [1.165, 1.54) is 12.1 Å². The van der Waals surface area contributed by atoms with Crippen LogP contribution in [0.2, 0.25) is 0 Å². The minimum Gasteiger partial charge on any atom is -0.462 e. The summed E-state index contributed by atoms with van der Waals surface area (Å²) in [6.45, 7) is 2.13. The fraction of sp³-hybridized carbons (Fsp3) is 0.188. The van der Waals surface area contributed by atoms with E-state index in [4.69, 9.17) is 4.74 Å². The summed E-state index contributed by atoms with van der Waals surface area (Å²) >= 11 is 1.58. The normalized spacial score (nSPS) is 10.2. The molecule has 2 aromatic carbocycles. The van der Waals surface area contributed by atoms with Gasteiger partial charge in [0, 0.05) is 22.8 Å². The van der Waals surface area contributed by atoms with Gasteiger partial charge in [-0.25, -0.2) is 4.79 Å². The zero-order valence-corrected chi connectivity index (χ0v) is 12.8. The van der Waals surface area contributed by atoms with E-state index in [0.717, 1.165) is 16.2 Å². The van der Waals surface area contributed by atoms with E-state index in [9.17, 15) is 14.9 Å². The summed E-state index contributed by atoms with van der Waals surface area (Å²) in [5.74, 6) is 0.401. The maximum absolute atomic E-state index is 11.5. The standard InChI is InChI=1S/C16H15NO4S/c1-2-21-16(18)13-5-3-12(4-6-13)11-22-15-9-7-14(8-10-15)17(19)20/h3-10H,2,11H2,1H3. The first kappa shape index (κ1) is 16.0. The summed E-state index contributed by atoms with van der Waals surface area (Å²) in [5.41, 5.74) is 1.69. The van der Waals surface area contributed by atoms with E-state index in [0.29, 0.717) is 12.2 Å². The number of thioether (sulfide) groups is 1. The highest BCUT2D eigenvalue weighted by Gasteiger charge is 2.07. The van der Waals surface area contributed by atoms with Crippen molar-refractivity contribution in [3.8, 4) is 0 Å². The van der Waals surface area contributed by atoms with Crippen LogP contribution in [0.4, 0.5) is 5.69 Å². The van der Waals surface area contributed by atoms with Crippen molar-refractivity contribution >= 4 is 23.4 Å². The van der Waals surface area contributed by atoms with Crippen molar-refractivity contribution in [2.24, 2.45) is 0 Å². The fourth-order valence-corrected chi connectivity index (χ4v) is 2.64. The van der Waals surface area contributed by atoms with Crippen molar-refractivity contribution in [3.63, 3.8) is 0 Å². The highest BCUT2D eigenvalue weighted by molar-refractivity contribution is 7.98. The van der Waals surface area contributed by atoms with Crippen LogP contribution in [0.3, 0.4) is 0 Å². The van der Waals surface area contributed by atoms with Gasteiger partial charge in [-0.1, -0.05) is 12.1 Å². The third-order valence-corrected chi connectivity index (χ3v) is 4.00. The molecule has 2 aromatic rings. The monoisotopic (exact) mass is 317 g/mol. The van der Waals surface area contributed by atoms with Crippen LogP contribution >= 0.6 is 11.8 Å². The minimum atomic E-state index is -0.414. The van der Waals surface area contributed by atoms with E-state index >= 15 is 0 Å². The number of ether oxygens (including phenoxy) is 1. The van der Waals surface area contributed by atoms with Gasteiger partial charge in [0.15, 0.2) is 0 Å². The molecular formula is C16H15NO4S. The molecule has 0 saturated carbocycles. The largest absolute Gasteiger partial charge is 0.462 e. The zero-order valence-electron chi connectivity index (χ0n) is 12.0. The smallest absolute Gasteiger partial charge is 0.338 e. The van der Waals surface area contributed by atoms with Gasteiger partial charge in [0.2, 0.25) is 0 Å². The number of nitro groups is 1. The van der Waals surface area contributed by atoms with Crippen LogP contribution < -0.4 is 0 Å². The molecule has 0 unspecified atom stereocenters. The second kappa shape index (κ2) is 7.61. The van der Waals surface area contributed by atoms with E-state index in [2.05, 4.69) is 0 Å². The van der Waals surface area contributed by atoms with Crippen LogP contribution in [0, 0.1) is 10.1 Å². The Bertz CT molecular complexity index is 653. The lowest BCUT2D eigenvalue weighted by Gasteiger charge is -2.04. The molecule has 0 aliphatic rings. The molecule has 0 bridgehead atoms. The van der Waals surface area contributed by atoms with Crippen LogP contribution in [-0.2, 0) is 10.5 Å². The summed E-state index contributed by atoms with van der Waals surface area (Å²) in [6, 6.07) is 13.7. The number of non-ortho nitro benzene ring substituents is 1. The molecule has 5 nitrogen and oxygen atoms in total. The molecule has 0 aliphatic heterocycles. The molecule has 2 rings (SSSR count). The molecule has 0 atom stereocenters. The number of nitro benzene ring substituents is 1. The maximum Gasteiger partial charge on any atom is 0.338 e. The Kier molecular flexibility index (Phi) is 5.55. The summed E-state index contributed by atoms with van der Waals surface area (Å²) in [6.07, 6.45) is 0. The second-order valence-electron chi connectivity index (χ2n) is 4.46. The lowest BCUT2D eigenvalue weighted by molar-refractivity contribution is -0.384. The molecule has 0 spiro atoms. The quantitative estimate of drug-likeness (QED) is 0.348. The van der Waals surface area contributed by atoms with Gasteiger partial charge in [0.05, 0.1) is 17.1 Å². The molecule has 0 fully saturated rings. The Hall–Kier alpha value is -2.34. The maximum atomic E-state index is 11.5. The lowest BCUT2D eigenvalue weighted by atomic mass is 10.1. The highest BCUT2D eigenvalue weighted by Crippen LogP contribution is 2.25. The van der Waals surface area contributed by atoms with Gasteiger partial charge in [-0.2, -0.15) is 0 Å². The second-order valence-corrected chi connectivity index (χ2v) is 5.51. The van der Waals surface area contributed by atoms with E-state index < -0.39 is 4.92 Å². The number of carbonyl (C=O) groups excluding carboxylic acids is 1. The highest BCUT2D eigenvalue weighted by atomic mass is 32.2. The third kappa shape index (κ3) is 4.33. The van der Waals surface area contributed by atoms with Crippen LogP contribution in [-0.4, -0.2) is 17.5 Å². The summed E-state index contributed by atoms with van der Waals surface area (Å²) in [5, 5.41) is 10.6. The molecule has 0 radical (unpaired) electrons. The van der Waals surface area contributed by atoms with E-state index in [-0.39, 0.29) is 11.7 Å². The first-order chi connectivity index (χ1) is 10.6. The minimum absolute atomic E-state index is 0.0862.